The van der Waals surface area contributed by atoms with Gasteiger partial charge in [0.2, 0.25) is 0 Å². The van der Waals surface area contributed by atoms with Crippen molar-refractivity contribution in [2.75, 3.05) is 26.2 Å². The first-order valence-corrected chi connectivity index (χ1v) is 8.88. The number of piperazine rings is 1. The highest BCUT2D eigenvalue weighted by Crippen LogP contribution is 2.13. The maximum Gasteiger partial charge on any atom is 0.325 e. The highest BCUT2D eigenvalue weighted by Gasteiger charge is 2.29. The number of ether oxygens (including phenoxy) is 1. The van der Waals surface area contributed by atoms with E-state index in [0.717, 1.165) is 50.7 Å². The Hall–Kier alpha value is -1.43. The van der Waals surface area contributed by atoms with Gasteiger partial charge in [0.15, 0.2) is 0 Å². The zero-order valence-corrected chi connectivity index (χ0v) is 14.6. The molecule has 1 atom stereocenters. The van der Waals surface area contributed by atoms with Gasteiger partial charge < -0.3 is 14.8 Å². The van der Waals surface area contributed by atoms with Crippen LogP contribution in [-0.2, 0) is 20.9 Å². The second kappa shape index (κ2) is 10.4. The molecule has 0 saturated carbocycles. The smallest absolute Gasteiger partial charge is 0.325 e. The molecule has 0 spiro atoms. The molecule has 6 heteroatoms. The topological polar surface area (TPSA) is 58.6 Å². The van der Waals surface area contributed by atoms with Crippen LogP contribution < -0.4 is 5.32 Å². The molecule has 24 heavy (non-hydrogen) atoms. The summed E-state index contributed by atoms with van der Waals surface area (Å²) in [5, 5.41) is 3.89. The van der Waals surface area contributed by atoms with Crippen LogP contribution in [0, 0.1) is 0 Å². The van der Waals surface area contributed by atoms with E-state index in [0.29, 0.717) is 18.0 Å². The van der Waals surface area contributed by atoms with Gasteiger partial charge in [-0.3, -0.25) is 9.69 Å². The first-order chi connectivity index (χ1) is 11.7. The van der Waals surface area contributed by atoms with Crippen LogP contribution in [0.5, 0.6) is 0 Å². The van der Waals surface area contributed by atoms with Gasteiger partial charge in [0.1, 0.15) is 18.9 Å². The Morgan fingerprint density at radius 2 is 2.25 bits per heavy atom. The minimum atomic E-state index is -0.246. The van der Waals surface area contributed by atoms with Gasteiger partial charge in [0, 0.05) is 31.1 Å². The van der Waals surface area contributed by atoms with E-state index >= 15 is 0 Å². The molecule has 1 aliphatic heterocycles. The SMILES string of the molecule is O=CCCCCCN1CCNCC1C(=O)OCc1cccc(Cl)c1. The Morgan fingerprint density at radius 1 is 1.38 bits per heavy atom. The molecule has 1 fully saturated rings. The van der Waals surface area contributed by atoms with Crippen molar-refractivity contribution in [3.05, 3.63) is 34.9 Å². The summed E-state index contributed by atoms with van der Waals surface area (Å²) in [6.45, 7) is 3.43. The summed E-state index contributed by atoms with van der Waals surface area (Å²) in [4.78, 5) is 24.9. The highest BCUT2D eigenvalue weighted by atomic mass is 35.5. The lowest BCUT2D eigenvalue weighted by molar-refractivity contribution is -0.152. The first-order valence-electron chi connectivity index (χ1n) is 8.50. The predicted octanol–water partition coefficient (Wildman–Crippen LogP) is 2.42. The Bertz CT molecular complexity index is 539. The second-order valence-corrected chi connectivity index (χ2v) is 6.45. The number of hydrogen-bond donors (Lipinski definition) is 1. The van der Waals surface area contributed by atoms with Crippen LogP contribution in [0.2, 0.25) is 5.02 Å². The molecule has 1 saturated heterocycles. The fourth-order valence-electron chi connectivity index (χ4n) is 2.84. The molecule has 2 rings (SSSR count). The van der Waals surface area contributed by atoms with E-state index in [-0.39, 0.29) is 18.6 Å². The van der Waals surface area contributed by atoms with Crippen LogP contribution >= 0.6 is 11.6 Å². The van der Waals surface area contributed by atoms with E-state index in [9.17, 15) is 9.59 Å². The Kier molecular flexibility index (Phi) is 8.22. The number of halogens is 1. The number of carbonyl (C=O) groups is 2. The number of nitrogens with one attached hydrogen (secondary N) is 1. The molecule has 1 heterocycles. The molecule has 1 N–H and O–H groups in total. The number of nitrogens with zero attached hydrogens (tertiary/aromatic N) is 1. The molecule has 0 radical (unpaired) electrons. The van der Waals surface area contributed by atoms with Crippen molar-refractivity contribution < 1.29 is 14.3 Å². The van der Waals surface area contributed by atoms with Crippen molar-refractivity contribution in [2.24, 2.45) is 0 Å². The minimum absolute atomic E-state index is 0.199. The maximum atomic E-state index is 12.4. The van der Waals surface area contributed by atoms with Crippen LogP contribution in [0.25, 0.3) is 0 Å². The number of unbranched alkanes of at least 4 members (excludes halogenated alkanes) is 3. The van der Waals surface area contributed by atoms with E-state index in [4.69, 9.17) is 16.3 Å². The van der Waals surface area contributed by atoms with Crippen molar-refractivity contribution in [2.45, 2.75) is 38.3 Å². The van der Waals surface area contributed by atoms with Gasteiger partial charge in [-0.25, -0.2) is 0 Å². The number of esters is 1. The third kappa shape index (κ3) is 6.23. The van der Waals surface area contributed by atoms with E-state index < -0.39 is 0 Å². The van der Waals surface area contributed by atoms with E-state index in [1.165, 1.54) is 0 Å². The van der Waals surface area contributed by atoms with Gasteiger partial charge >= 0.3 is 5.97 Å². The molecule has 0 aliphatic carbocycles. The molecule has 0 aromatic heterocycles. The summed E-state index contributed by atoms with van der Waals surface area (Å²) in [6, 6.07) is 7.09. The van der Waals surface area contributed by atoms with Crippen LogP contribution in [0.15, 0.2) is 24.3 Å². The van der Waals surface area contributed by atoms with Crippen molar-refractivity contribution >= 4 is 23.9 Å². The predicted molar refractivity (Wildman–Crippen MR) is 94.0 cm³/mol. The summed E-state index contributed by atoms with van der Waals surface area (Å²) in [7, 11) is 0. The van der Waals surface area contributed by atoms with Crippen molar-refractivity contribution in [1.82, 2.24) is 10.2 Å². The average Bonchev–Trinajstić information content (AvgIpc) is 2.60. The molecular weight excluding hydrogens is 328 g/mol. The van der Waals surface area contributed by atoms with Gasteiger partial charge in [-0.05, 0) is 37.1 Å². The Labute approximate surface area is 148 Å². The summed E-state index contributed by atoms with van der Waals surface area (Å²) < 4.78 is 5.47. The minimum Gasteiger partial charge on any atom is -0.460 e. The van der Waals surface area contributed by atoms with Crippen LogP contribution in [0.3, 0.4) is 0 Å². The number of aldehydes is 1. The van der Waals surface area contributed by atoms with Gasteiger partial charge in [0.25, 0.3) is 0 Å². The zero-order valence-electron chi connectivity index (χ0n) is 13.9. The number of hydrogen-bond acceptors (Lipinski definition) is 5. The average molecular weight is 353 g/mol. The molecule has 0 amide bonds. The normalized spacial score (nSPS) is 18.3. The lowest BCUT2D eigenvalue weighted by Crippen LogP contribution is -2.55. The molecule has 1 aromatic carbocycles. The van der Waals surface area contributed by atoms with E-state index in [1.807, 2.05) is 12.1 Å². The van der Waals surface area contributed by atoms with E-state index in [1.54, 1.807) is 12.1 Å². The summed E-state index contributed by atoms with van der Waals surface area (Å²) in [6.07, 6.45) is 4.49. The second-order valence-electron chi connectivity index (χ2n) is 6.01. The monoisotopic (exact) mass is 352 g/mol. The number of rotatable bonds is 9. The van der Waals surface area contributed by atoms with Crippen LogP contribution in [0.4, 0.5) is 0 Å². The van der Waals surface area contributed by atoms with Gasteiger partial charge in [0.05, 0.1) is 0 Å². The summed E-state index contributed by atoms with van der Waals surface area (Å²) >= 11 is 5.94. The zero-order chi connectivity index (χ0) is 17.2. The lowest BCUT2D eigenvalue weighted by Gasteiger charge is -2.34. The van der Waals surface area contributed by atoms with Crippen LogP contribution in [-0.4, -0.2) is 49.4 Å². The van der Waals surface area contributed by atoms with Gasteiger partial charge in [-0.15, -0.1) is 0 Å². The summed E-state index contributed by atoms with van der Waals surface area (Å²) in [5.74, 6) is -0.199. The fraction of sp³-hybridized carbons (Fsp3) is 0.556. The maximum absolute atomic E-state index is 12.4. The Morgan fingerprint density at radius 3 is 3.04 bits per heavy atom. The molecule has 1 unspecified atom stereocenters. The molecule has 132 valence electrons. The third-order valence-corrected chi connectivity index (χ3v) is 4.40. The van der Waals surface area contributed by atoms with E-state index in [2.05, 4.69) is 10.2 Å². The number of carbonyl (C=O) groups excluding carboxylic acids is 2. The standard InChI is InChI=1S/C18H25ClN2O3/c19-16-7-5-6-15(12-16)14-24-18(23)17-13-20-8-10-21(17)9-3-1-2-4-11-22/h5-7,11-12,17,20H,1-4,8-10,13-14H2. The van der Waals surface area contributed by atoms with Gasteiger partial charge in [-0.1, -0.05) is 30.2 Å². The number of benzene rings is 1. The highest BCUT2D eigenvalue weighted by molar-refractivity contribution is 6.30. The molecular formula is C18H25ClN2O3. The molecule has 1 aromatic rings. The van der Waals surface area contributed by atoms with Crippen molar-refractivity contribution in [3.63, 3.8) is 0 Å². The molecule has 5 nitrogen and oxygen atoms in total. The van der Waals surface area contributed by atoms with Gasteiger partial charge in [-0.2, -0.15) is 0 Å². The lowest BCUT2D eigenvalue weighted by atomic mass is 10.1. The quantitative estimate of drug-likeness (QED) is 0.420. The molecule has 1 aliphatic rings. The van der Waals surface area contributed by atoms with Crippen molar-refractivity contribution in [3.8, 4) is 0 Å². The third-order valence-electron chi connectivity index (χ3n) is 4.16. The summed E-state index contributed by atoms with van der Waals surface area (Å²) in [5.41, 5.74) is 0.889. The Balaban J connectivity index is 1.80. The fourth-order valence-corrected chi connectivity index (χ4v) is 3.06. The van der Waals surface area contributed by atoms with Crippen LogP contribution in [0.1, 0.15) is 31.2 Å². The largest absolute Gasteiger partial charge is 0.460 e. The molecule has 0 bridgehead atoms. The van der Waals surface area contributed by atoms with Crippen molar-refractivity contribution in [1.29, 1.82) is 0 Å². The first kappa shape index (κ1) is 18.9.